The van der Waals surface area contributed by atoms with Crippen molar-refractivity contribution in [1.29, 1.82) is 0 Å². The molecular formula is C25H36N2O6Si. The molecule has 2 heterocycles. The number of hydrogen-bond acceptors (Lipinski definition) is 6. The highest BCUT2D eigenvalue weighted by Gasteiger charge is 2.43. The zero-order valence-corrected chi connectivity index (χ0v) is 21.4. The minimum Gasteiger partial charge on any atom is -0.488 e. The van der Waals surface area contributed by atoms with Crippen LogP contribution in [0.3, 0.4) is 0 Å². The number of aliphatic hydroxyl groups is 1. The second kappa shape index (κ2) is 10.2. The van der Waals surface area contributed by atoms with Crippen molar-refractivity contribution in [2.45, 2.75) is 89.0 Å². The Morgan fingerprint density at radius 2 is 1.85 bits per heavy atom. The van der Waals surface area contributed by atoms with Crippen molar-refractivity contribution < 1.29 is 29.0 Å². The molecule has 3 aliphatic rings. The fourth-order valence-corrected chi connectivity index (χ4v) is 5.57. The number of nitrogens with zero attached hydrogens (tertiary/aromatic N) is 2. The van der Waals surface area contributed by atoms with Gasteiger partial charge < -0.3 is 19.5 Å². The van der Waals surface area contributed by atoms with Gasteiger partial charge in [-0.25, -0.2) is 0 Å². The molecule has 1 N–H and O–H groups in total. The van der Waals surface area contributed by atoms with Gasteiger partial charge in [-0.1, -0.05) is 26.1 Å². The minimum atomic E-state index is -1.27. The van der Waals surface area contributed by atoms with Gasteiger partial charge in [0.15, 0.2) is 0 Å². The van der Waals surface area contributed by atoms with Crippen molar-refractivity contribution >= 4 is 25.8 Å². The molecule has 3 amide bonds. The van der Waals surface area contributed by atoms with E-state index in [9.17, 15) is 19.5 Å². The van der Waals surface area contributed by atoms with Crippen LogP contribution in [0.15, 0.2) is 18.2 Å². The molecule has 8 nitrogen and oxygen atoms in total. The first-order valence-electron chi connectivity index (χ1n) is 12.3. The number of rotatable bonds is 8. The summed E-state index contributed by atoms with van der Waals surface area (Å²) in [6, 6.07) is 5.60. The van der Waals surface area contributed by atoms with Crippen molar-refractivity contribution in [2.75, 3.05) is 13.3 Å². The topological polar surface area (TPSA) is 96.4 Å². The summed E-state index contributed by atoms with van der Waals surface area (Å²) in [5.74, 6) is -0.194. The predicted octanol–water partition coefficient (Wildman–Crippen LogP) is 3.15. The molecule has 2 fully saturated rings. The van der Waals surface area contributed by atoms with Gasteiger partial charge in [0.2, 0.25) is 5.91 Å². The summed E-state index contributed by atoms with van der Waals surface area (Å²) in [6.07, 6.45) is 3.40. The fraction of sp³-hybridized carbons (Fsp3) is 0.640. The van der Waals surface area contributed by atoms with Crippen molar-refractivity contribution in [2.24, 2.45) is 0 Å². The van der Waals surface area contributed by atoms with E-state index in [0.29, 0.717) is 30.9 Å². The molecular weight excluding hydrogens is 452 g/mol. The average Bonchev–Trinajstić information content (AvgIpc) is 3.09. The van der Waals surface area contributed by atoms with E-state index in [0.717, 1.165) is 42.2 Å². The number of aliphatic hydroxyl groups excluding tert-OH is 1. The van der Waals surface area contributed by atoms with E-state index >= 15 is 0 Å². The lowest BCUT2D eigenvalue weighted by Crippen LogP contribution is -2.55. The Balaban J connectivity index is 1.40. The van der Waals surface area contributed by atoms with Crippen LogP contribution in [0.1, 0.15) is 54.4 Å². The highest BCUT2D eigenvalue weighted by Crippen LogP contribution is 2.32. The van der Waals surface area contributed by atoms with Gasteiger partial charge in [-0.05, 0) is 55.5 Å². The summed E-state index contributed by atoms with van der Waals surface area (Å²) in [5.41, 5.74) is 1.36. The molecule has 0 bridgehead atoms. The summed E-state index contributed by atoms with van der Waals surface area (Å²) < 4.78 is 11.7. The molecule has 1 unspecified atom stereocenters. The van der Waals surface area contributed by atoms with E-state index in [1.165, 1.54) is 0 Å². The van der Waals surface area contributed by atoms with E-state index in [4.69, 9.17) is 9.47 Å². The second-order valence-corrected chi connectivity index (χ2v) is 16.4. The average molecular weight is 489 g/mol. The van der Waals surface area contributed by atoms with E-state index in [-0.39, 0.29) is 37.0 Å². The number of hydrogen-bond donors (Lipinski definition) is 1. The Hall–Kier alpha value is -2.23. The first-order valence-corrected chi connectivity index (χ1v) is 16.1. The Kier molecular flexibility index (Phi) is 7.44. The van der Waals surface area contributed by atoms with E-state index in [1.807, 2.05) is 6.07 Å². The van der Waals surface area contributed by atoms with Crippen molar-refractivity contribution in [1.82, 2.24) is 9.80 Å². The predicted molar refractivity (Wildman–Crippen MR) is 129 cm³/mol. The summed E-state index contributed by atoms with van der Waals surface area (Å²) >= 11 is 0. The van der Waals surface area contributed by atoms with Crippen LogP contribution in [0.4, 0.5) is 0 Å². The first kappa shape index (κ1) is 24.9. The van der Waals surface area contributed by atoms with E-state index in [2.05, 4.69) is 19.6 Å². The number of fused-ring (bicyclic) bond motifs is 1. The zero-order chi connectivity index (χ0) is 24.5. The van der Waals surface area contributed by atoms with Gasteiger partial charge in [-0.2, -0.15) is 0 Å². The van der Waals surface area contributed by atoms with Gasteiger partial charge in [0, 0.05) is 33.2 Å². The molecule has 1 saturated heterocycles. The fourth-order valence-electron chi connectivity index (χ4n) is 4.81. The Bertz CT molecular complexity index is 946. The van der Waals surface area contributed by atoms with Gasteiger partial charge in [-0.3, -0.25) is 19.3 Å². The first-order chi connectivity index (χ1) is 16.1. The summed E-state index contributed by atoms with van der Waals surface area (Å²) in [4.78, 5) is 41.4. The van der Waals surface area contributed by atoms with Crippen LogP contribution in [0.25, 0.3) is 0 Å². The standard InChI is InChI=1S/C25H36N2O6Si/c1-34(2,3)13-12-32-16-27-23(29)11-10-20(25(27)31)26-15-17-14-18(8-9-19(17)24(26)30)33-22-7-5-4-6-21(22)28/h8-9,14,20-22,28H,4-7,10-13,15-16H2,1-3H3/t20?,21-,22+/m1/s1. The SMILES string of the molecule is C[Si](C)(C)CCOCN1C(=O)CCC(N2Cc3cc(O[C@H]4CCCC[C@H]4O)ccc3C2=O)C1=O. The van der Waals surface area contributed by atoms with Gasteiger partial charge in [-0.15, -0.1) is 0 Å². The number of carbonyl (C=O) groups is 3. The largest absolute Gasteiger partial charge is 0.488 e. The smallest absolute Gasteiger partial charge is 0.255 e. The number of benzene rings is 1. The zero-order valence-electron chi connectivity index (χ0n) is 20.4. The molecule has 0 radical (unpaired) electrons. The third-order valence-corrected chi connectivity index (χ3v) is 8.64. The highest BCUT2D eigenvalue weighted by atomic mass is 28.3. The molecule has 2 aliphatic heterocycles. The minimum absolute atomic E-state index is 0.0602. The quantitative estimate of drug-likeness (QED) is 0.343. The van der Waals surface area contributed by atoms with Crippen LogP contribution >= 0.6 is 0 Å². The molecule has 186 valence electrons. The van der Waals surface area contributed by atoms with Crippen LogP contribution in [0, 0.1) is 0 Å². The summed E-state index contributed by atoms with van der Waals surface area (Å²) in [6.45, 7) is 7.49. The van der Waals surface area contributed by atoms with Crippen molar-refractivity contribution in [3.05, 3.63) is 29.3 Å². The third-order valence-electron chi connectivity index (χ3n) is 6.94. The summed E-state index contributed by atoms with van der Waals surface area (Å²) in [5, 5.41) is 10.2. The second-order valence-electron chi connectivity index (χ2n) is 10.8. The normalized spacial score (nSPS) is 25.6. The lowest BCUT2D eigenvalue weighted by atomic mass is 9.95. The van der Waals surface area contributed by atoms with E-state index < -0.39 is 20.2 Å². The molecule has 9 heteroatoms. The third kappa shape index (κ3) is 5.53. The molecule has 3 atom stereocenters. The molecule has 4 rings (SSSR count). The lowest BCUT2D eigenvalue weighted by molar-refractivity contribution is -0.158. The number of ether oxygens (including phenoxy) is 2. The van der Waals surface area contributed by atoms with Crippen LogP contribution in [0.2, 0.25) is 25.7 Å². The molecule has 0 aromatic heterocycles. The monoisotopic (exact) mass is 488 g/mol. The molecule has 1 aromatic carbocycles. The van der Waals surface area contributed by atoms with Crippen LogP contribution in [0.5, 0.6) is 5.75 Å². The maximum Gasteiger partial charge on any atom is 0.255 e. The van der Waals surface area contributed by atoms with Crippen LogP contribution < -0.4 is 4.74 Å². The molecule has 1 aliphatic carbocycles. The van der Waals surface area contributed by atoms with Gasteiger partial charge in [0.05, 0.1) is 6.10 Å². The number of carbonyl (C=O) groups excluding carboxylic acids is 3. The lowest BCUT2D eigenvalue weighted by Gasteiger charge is -2.35. The molecule has 34 heavy (non-hydrogen) atoms. The van der Waals surface area contributed by atoms with Gasteiger partial charge >= 0.3 is 0 Å². The summed E-state index contributed by atoms with van der Waals surface area (Å²) in [7, 11) is -1.27. The van der Waals surface area contributed by atoms with Crippen LogP contribution in [-0.2, 0) is 20.9 Å². The van der Waals surface area contributed by atoms with Gasteiger partial charge in [0.25, 0.3) is 11.8 Å². The highest BCUT2D eigenvalue weighted by molar-refractivity contribution is 6.76. The number of likely N-dealkylation sites (tertiary alicyclic amines) is 1. The van der Waals surface area contributed by atoms with Crippen LogP contribution in [-0.4, -0.2) is 72.3 Å². The number of piperidine rings is 1. The maximum absolute atomic E-state index is 13.2. The Labute approximate surface area is 202 Å². The van der Waals surface area contributed by atoms with Gasteiger partial charge in [0.1, 0.15) is 24.6 Å². The number of imide groups is 1. The number of amides is 3. The Morgan fingerprint density at radius 3 is 2.59 bits per heavy atom. The van der Waals surface area contributed by atoms with E-state index in [1.54, 1.807) is 17.0 Å². The molecule has 1 aromatic rings. The maximum atomic E-state index is 13.2. The van der Waals surface area contributed by atoms with Crippen molar-refractivity contribution in [3.63, 3.8) is 0 Å². The van der Waals surface area contributed by atoms with Crippen molar-refractivity contribution in [3.8, 4) is 5.75 Å². The molecule has 1 saturated carbocycles. The molecule has 0 spiro atoms. The Morgan fingerprint density at radius 1 is 1.09 bits per heavy atom.